The van der Waals surface area contributed by atoms with Gasteiger partial charge >= 0.3 is 5.97 Å². The van der Waals surface area contributed by atoms with Crippen LogP contribution >= 0.6 is 0 Å². The number of nitrogens with zero attached hydrogens (tertiary/aromatic N) is 2. The zero-order valence-corrected chi connectivity index (χ0v) is 11.4. The SMILES string of the molecule is CCC1CCN(C(=O)c2cccn2C)C(C(=O)O)C1. The van der Waals surface area contributed by atoms with E-state index in [1.54, 1.807) is 29.9 Å². The average Bonchev–Trinajstić information content (AvgIpc) is 2.83. The molecule has 0 spiro atoms. The van der Waals surface area contributed by atoms with Gasteiger partial charge in [-0.2, -0.15) is 0 Å². The van der Waals surface area contributed by atoms with Crippen molar-refractivity contribution in [2.24, 2.45) is 13.0 Å². The molecule has 1 aromatic rings. The summed E-state index contributed by atoms with van der Waals surface area (Å²) in [4.78, 5) is 25.3. The Morgan fingerprint density at radius 3 is 2.74 bits per heavy atom. The third kappa shape index (κ3) is 2.64. The molecule has 2 unspecified atom stereocenters. The van der Waals surface area contributed by atoms with Crippen LogP contribution in [0.3, 0.4) is 0 Å². The van der Waals surface area contributed by atoms with Crippen molar-refractivity contribution in [1.82, 2.24) is 9.47 Å². The van der Waals surface area contributed by atoms with Crippen molar-refractivity contribution >= 4 is 11.9 Å². The van der Waals surface area contributed by atoms with Crippen LogP contribution in [0, 0.1) is 5.92 Å². The number of aryl methyl sites for hydroxylation is 1. The second-order valence-corrected chi connectivity index (χ2v) is 5.16. The van der Waals surface area contributed by atoms with Gasteiger partial charge in [0, 0.05) is 19.8 Å². The quantitative estimate of drug-likeness (QED) is 0.904. The highest BCUT2D eigenvalue weighted by Crippen LogP contribution is 2.26. The average molecular weight is 264 g/mol. The fraction of sp³-hybridized carbons (Fsp3) is 0.571. The molecule has 1 N–H and O–H groups in total. The van der Waals surface area contributed by atoms with E-state index in [9.17, 15) is 14.7 Å². The third-order valence-electron chi connectivity index (χ3n) is 4.00. The molecule has 0 aliphatic carbocycles. The number of hydrogen-bond donors (Lipinski definition) is 1. The number of carbonyl (C=O) groups is 2. The summed E-state index contributed by atoms with van der Waals surface area (Å²) >= 11 is 0. The van der Waals surface area contributed by atoms with Gasteiger partial charge in [-0.15, -0.1) is 0 Å². The molecule has 1 aromatic heterocycles. The largest absolute Gasteiger partial charge is 0.480 e. The van der Waals surface area contributed by atoms with Gasteiger partial charge in [-0.05, 0) is 30.9 Å². The smallest absolute Gasteiger partial charge is 0.326 e. The van der Waals surface area contributed by atoms with Crippen molar-refractivity contribution in [3.63, 3.8) is 0 Å². The number of rotatable bonds is 3. The lowest BCUT2D eigenvalue weighted by atomic mass is 9.88. The minimum absolute atomic E-state index is 0.186. The van der Waals surface area contributed by atoms with E-state index in [1.807, 2.05) is 0 Å². The van der Waals surface area contributed by atoms with E-state index in [-0.39, 0.29) is 5.91 Å². The number of carboxylic acid groups (broad SMARTS) is 1. The van der Waals surface area contributed by atoms with Crippen LogP contribution in [0.15, 0.2) is 18.3 Å². The molecule has 5 nitrogen and oxygen atoms in total. The molecule has 0 bridgehead atoms. The topological polar surface area (TPSA) is 62.5 Å². The number of likely N-dealkylation sites (tertiary alicyclic amines) is 1. The number of hydrogen-bond acceptors (Lipinski definition) is 2. The molecule has 1 amide bonds. The third-order valence-corrected chi connectivity index (χ3v) is 4.00. The Hall–Kier alpha value is -1.78. The lowest BCUT2D eigenvalue weighted by Crippen LogP contribution is -2.50. The zero-order chi connectivity index (χ0) is 14.0. The van der Waals surface area contributed by atoms with E-state index in [4.69, 9.17) is 0 Å². The molecular formula is C14H20N2O3. The van der Waals surface area contributed by atoms with Gasteiger partial charge in [0.05, 0.1) is 0 Å². The van der Waals surface area contributed by atoms with Crippen LogP contribution in [-0.2, 0) is 11.8 Å². The number of aliphatic carboxylic acids is 1. The number of aromatic nitrogens is 1. The molecule has 2 heterocycles. The minimum Gasteiger partial charge on any atom is -0.480 e. The first-order valence-corrected chi connectivity index (χ1v) is 6.69. The van der Waals surface area contributed by atoms with Crippen LogP contribution in [0.1, 0.15) is 36.7 Å². The van der Waals surface area contributed by atoms with Crippen molar-refractivity contribution in [3.8, 4) is 0 Å². The summed E-state index contributed by atoms with van der Waals surface area (Å²) in [5.74, 6) is -0.686. The van der Waals surface area contributed by atoms with Crippen LogP contribution in [0.5, 0.6) is 0 Å². The Balaban J connectivity index is 2.20. The summed E-state index contributed by atoms with van der Waals surface area (Å²) in [5.41, 5.74) is 0.543. The van der Waals surface area contributed by atoms with Gasteiger partial charge in [-0.1, -0.05) is 13.3 Å². The highest BCUT2D eigenvalue weighted by Gasteiger charge is 2.36. The summed E-state index contributed by atoms with van der Waals surface area (Å²) in [6.45, 7) is 2.59. The Labute approximate surface area is 112 Å². The van der Waals surface area contributed by atoms with Gasteiger partial charge in [0.1, 0.15) is 11.7 Å². The van der Waals surface area contributed by atoms with E-state index in [0.29, 0.717) is 24.6 Å². The van der Waals surface area contributed by atoms with Crippen molar-refractivity contribution in [3.05, 3.63) is 24.0 Å². The summed E-state index contributed by atoms with van der Waals surface area (Å²) in [6.07, 6.45) is 4.20. The molecule has 19 heavy (non-hydrogen) atoms. The molecule has 2 rings (SSSR count). The second kappa shape index (κ2) is 5.47. The van der Waals surface area contributed by atoms with E-state index in [0.717, 1.165) is 12.8 Å². The minimum atomic E-state index is -0.902. The lowest BCUT2D eigenvalue weighted by molar-refractivity contribution is -0.144. The molecule has 5 heteroatoms. The number of piperidine rings is 1. The summed E-state index contributed by atoms with van der Waals surface area (Å²) in [7, 11) is 1.79. The van der Waals surface area contributed by atoms with Gasteiger partial charge in [-0.3, -0.25) is 4.79 Å². The maximum Gasteiger partial charge on any atom is 0.326 e. The molecule has 104 valence electrons. The monoisotopic (exact) mass is 264 g/mol. The Kier molecular flexibility index (Phi) is 3.93. The summed E-state index contributed by atoms with van der Waals surface area (Å²) in [5, 5.41) is 9.34. The Morgan fingerprint density at radius 1 is 1.47 bits per heavy atom. The second-order valence-electron chi connectivity index (χ2n) is 5.16. The Morgan fingerprint density at radius 2 is 2.21 bits per heavy atom. The van der Waals surface area contributed by atoms with Crippen molar-refractivity contribution < 1.29 is 14.7 Å². The molecule has 0 saturated carbocycles. The maximum absolute atomic E-state index is 12.4. The first kappa shape index (κ1) is 13.6. The van der Waals surface area contributed by atoms with E-state index in [2.05, 4.69) is 6.92 Å². The molecule has 0 aromatic carbocycles. The molecule has 0 radical (unpaired) electrons. The van der Waals surface area contributed by atoms with Gasteiger partial charge < -0.3 is 14.6 Å². The maximum atomic E-state index is 12.4. The van der Waals surface area contributed by atoms with Gasteiger partial charge in [0.2, 0.25) is 0 Å². The molecule has 2 atom stereocenters. The van der Waals surface area contributed by atoms with Gasteiger partial charge in [0.15, 0.2) is 0 Å². The predicted octanol–water partition coefficient (Wildman–Crippen LogP) is 1.74. The summed E-state index contributed by atoms with van der Waals surface area (Å²) < 4.78 is 1.73. The molecule has 1 saturated heterocycles. The number of carboxylic acids is 1. The van der Waals surface area contributed by atoms with Crippen LogP contribution in [0.4, 0.5) is 0 Å². The molecular weight excluding hydrogens is 244 g/mol. The van der Waals surface area contributed by atoms with E-state index < -0.39 is 12.0 Å². The fourth-order valence-electron chi connectivity index (χ4n) is 2.72. The summed E-state index contributed by atoms with van der Waals surface area (Å²) in [6, 6.07) is 2.83. The highest BCUT2D eigenvalue weighted by molar-refractivity contribution is 5.95. The molecule has 1 fully saturated rings. The highest BCUT2D eigenvalue weighted by atomic mass is 16.4. The zero-order valence-electron chi connectivity index (χ0n) is 11.4. The van der Waals surface area contributed by atoms with Crippen molar-refractivity contribution in [1.29, 1.82) is 0 Å². The van der Waals surface area contributed by atoms with Crippen LogP contribution in [0.2, 0.25) is 0 Å². The Bertz CT molecular complexity index is 481. The predicted molar refractivity (Wildman–Crippen MR) is 70.9 cm³/mol. The number of amides is 1. The first-order valence-electron chi connectivity index (χ1n) is 6.69. The standard InChI is InChI=1S/C14H20N2O3/c1-3-10-6-8-16(12(9-10)14(18)19)13(17)11-5-4-7-15(11)2/h4-5,7,10,12H,3,6,8-9H2,1-2H3,(H,18,19). The fourth-order valence-corrected chi connectivity index (χ4v) is 2.72. The van der Waals surface area contributed by atoms with Crippen molar-refractivity contribution in [2.45, 2.75) is 32.2 Å². The van der Waals surface area contributed by atoms with E-state index in [1.165, 1.54) is 4.90 Å². The first-order chi connectivity index (χ1) is 9.04. The van der Waals surface area contributed by atoms with Gasteiger partial charge in [0.25, 0.3) is 5.91 Å². The number of carbonyl (C=O) groups excluding carboxylic acids is 1. The van der Waals surface area contributed by atoms with Crippen molar-refractivity contribution in [2.75, 3.05) is 6.54 Å². The lowest BCUT2D eigenvalue weighted by Gasteiger charge is -2.36. The van der Waals surface area contributed by atoms with E-state index >= 15 is 0 Å². The molecule has 1 aliphatic heterocycles. The molecule has 1 aliphatic rings. The van der Waals surface area contributed by atoms with Gasteiger partial charge in [-0.25, -0.2) is 4.79 Å². The van der Waals surface area contributed by atoms with Crippen LogP contribution in [-0.4, -0.2) is 39.0 Å². The normalized spacial score (nSPS) is 23.4. The van der Waals surface area contributed by atoms with Crippen LogP contribution < -0.4 is 0 Å². The van der Waals surface area contributed by atoms with Crippen LogP contribution in [0.25, 0.3) is 0 Å².